The minimum atomic E-state index is -4.75. The fourth-order valence-corrected chi connectivity index (χ4v) is 7.76. The van der Waals surface area contributed by atoms with Crippen LogP contribution in [0.4, 0.5) is 0 Å². The van der Waals surface area contributed by atoms with Crippen LogP contribution >= 0.6 is 7.82 Å². The monoisotopic (exact) mass is 813 g/mol. The molecular formula is C45H81O10P. The van der Waals surface area contributed by atoms with Gasteiger partial charge in [0, 0.05) is 37.5 Å². The summed E-state index contributed by atoms with van der Waals surface area (Å²) in [4.78, 5) is 37.3. The summed E-state index contributed by atoms with van der Waals surface area (Å²) in [7, 11) is -4.75. The van der Waals surface area contributed by atoms with Crippen LogP contribution in [0.1, 0.15) is 213 Å². The molecule has 0 heterocycles. The molecule has 0 bridgehead atoms. The molecule has 326 valence electrons. The van der Waals surface area contributed by atoms with Crippen LogP contribution in [-0.2, 0) is 46.7 Å². The fourth-order valence-electron chi connectivity index (χ4n) is 6.30. The smallest absolute Gasteiger partial charge is 0.432 e. The molecule has 3 unspecified atom stereocenters. The lowest BCUT2D eigenvalue weighted by Crippen LogP contribution is -2.27. The lowest BCUT2D eigenvalue weighted by Gasteiger charge is -2.29. The molecule has 0 amide bonds. The molecule has 56 heavy (non-hydrogen) atoms. The molecule has 10 nitrogen and oxygen atoms in total. The number of esters is 3. The summed E-state index contributed by atoms with van der Waals surface area (Å²) in [6, 6.07) is 0. The van der Waals surface area contributed by atoms with Gasteiger partial charge in [-0.1, -0.05) is 195 Å². The van der Waals surface area contributed by atoms with Crippen molar-refractivity contribution < 1.29 is 46.7 Å². The number of carbonyl (C=O) groups excluding carboxylic acids is 3. The van der Waals surface area contributed by atoms with E-state index in [9.17, 15) is 18.9 Å². The molecule has 11 heteroatoms. The molecule has 0 aromatic carbocycles. The van der Waals surface area contributed by atoms with E-state index < -0.39 is 44.6 Å². The Morgan fingerprint density at radius 2 is 0.589 bits per heavy atom. The number of ether oxygens (including phenoxy) is 3. The summed E-state index contributed by atoms with van der Waals surface area (Å²) >= 11 is 0. The van der Waals surface area contributed by atoms with Crippen LogP contribution in [0.25, 0.3) is 0 Å². The van der Waals surface area contributed by atoms with Gasteiger partial charge >= 0.3 is 25.7 Å². The van der Waals surface area contributed by atoms with E-state index in [0.29, 0.717) is 19.3 Å². The van der Waals surface area contributed by atoms with Gasteiger partial charge in [-0.3, -0.25) is 0 Å². The minimum Gasteiger partial charge on any atom is -0.432 e. The molecule has 0 fully saturated rings. The van der Waals surface area contributed by atoms with Crippen LogP contribution in [0.5, 0.6) is 0 Å². The van der Waals surface area contributed by atoms with Crippen LogP contribution < -0.4 is 0 Å². The van der Waals surface area contributed by atoms with Crippen molar-refractivity contribution in [1.29, 1.82) is 0 Å². The van der Waals surface area contributed by atoms with Gasteiger partial charge in [0.2, 0.25) is 18.9 Å². The molecule has 0 aliphatic rings. The third kappa shape index (κ3) is 32.8. The zero-order valence-electron chi connectivity index (χ0n) is 35.8. The summed E-state index contributed by atoms with van der Waals surface area (Å²) in [5.74, 6) is -2.32. The van der Waals surface area contributed by atoms with Crippen molar-refractivity contribution in [2.75, 3.05) is 0 Å². The number of unbranched alkanes of at least 4 members (excludes halogenated alkanes) is 24. The molecule has 0 rings (SSSR count). The molecule has 0 N–H and O–H groups in total. The van der Waals surface area contributed by atoms with Crippen molar-refractivity contribution in [1.82, 2.24) is 0 Å². The number of rotatable bonds is 42. The van der Waals surface area contributed by atoms with Gasteiger partial charge in [0.1, 0.15) is 0 Å². The first-order valence-electron chi connectivity index (χ1n) is 22.3. The Morgan fingerprint density at radius 3 is 0.786 bits per heavy atom. The maximum atomic E-state index is 14.7. The van der Waals surface area contributed by atoms with Crippen molar-refractivity contribution >= 4 is 25.7 Å². The van der Waals surface area contributed by atoms with Crippen LogP contribution in [0, 0.1) is 0 Å². The molecule has 0 aromatic rings. The highest BCUT2D eigenvalue weighted by Gasteiger charge is 2.40. The second-order valence-electron chi connectivity index (χ2n) is 14.8. The third-order valence-corrected chi connectivity index (χ3v) is 11.1. The van der Waals surface area contributed by atoms with Gasteiger partial charge in [0.25, 0.3) is 0 Å². The maximum Gasteiger partial charge on any atom is 0.484 e. The molecule has 3 atom stereocenters. The van der Waals surface area contributed by atoms with Crippen molar-refractivity contribution in [3.05, 3.63) is 38.0 Å². The van der Waals surface area contributed by atoms with Gasteiger partial charge in [-0.25, -0.2) is 32.5 Å². The van der Waals surface area contributed by atoms with Gasteiger partial charge in [-0.05, 0) is 19.3 Å². The first-order chi connectivity index (χ1) is 27.2. The van der Waals surface area contributed by atoms with Gasteiger partial charge in [-0.15, -0.1) is 0 Å². The quantitative estimate of drug-likeness (QED) is 0.0147. The molecule has 0 aliphatic heterocycles. The predicted octanol–water partition coefficient (Wildman–Crippen LogP) is 14.1. The highest BCUT2D eigenvalue weighted by molar-refractivity contribution is 7.48. The second kappa shape index (κ2) is 38.3. The topological polar surface area (TPSA) is 124 Å². The van der Waals surface area contributed by atoms with E-state index in [1.54, 1.807) is 0 Å². The highest BCUT2D eigenvalue weighted by Crippen LogP contribution is 2.54. The zero-order chi connectivity index (χ0) is 41.5. The Bertz CT molecular complexity index is 935. The summed E-state index contributed by atoms with van der Waals surface area (Å²) in [5.41, 5.74) is 0. The fraction of sp³-hybridized carbons (Fsp3) is 0.800. The summed E-state index contributed by atoms with van der Waals surface area (Å²) in [6.45, 7) is 17.1. The van der Waals surface area contributed by atoms with E-state index in [4.69, 9.17) is 27.8 Å². The lowest BCUT2D eigenvalue weighted by atomic mass is 10.1. The average molecular weight is 813 g/mol. The maximum absolute atomic E-state index is 14.7. The van der Waals surface area contributed by atoms with Crippen LogP contribution in [0.2, 0.25) is 0 Å². The first-order valence-corrected chi connectivity index (χ1v) is 23.8. The number of hydrogen-bond donors (Lipinski definition) is 0. The van der Waals surface area contributed by atoms with Gasteiger partial charge in [-0.2, -0.15) is 0 Å². The largest absolute Gasteiger partial charge is 0.484 e. The normalized spacial score (nSPS) is 13.9. The van der Waals surface area contributed by atoms with Crippen molar-refractivity contribution in [3.8, 4) is 0 Å². The average Bonchev–Trinajstić information content (AvgIpc) is 3.18. The first kappa shape index (κ1) is 53.7. The Labute approximate surface area is 341 Å². The second-order valence-corrected chi connectivity index (χ2v) is 16.4. The van der Waals surface area contributed by atoms with E-state index in [2.05, 4.69) is 40.5 Å². The SMILES string of the molecule is C=CC(=O)OC(CCCCCCCCCCC)OP(=O)(OC(CCCCCCCCCCC)OC(=O)C=C)OC(CCCCCCCCCCC)OC(=O)C=C. The number of phosphoric ester groups is 1. The van der Waals surface area contributed by atoms with E-state index in [-0.39, 0.29) is 19.3 Å². The number of carbonyl (C=O) groups is 3. The Morgan fingerprint density at radius 1 is 0.393 bits per heavy atom. The lowest BCUT2D eigenvalue weighted by molar-refractivity contribution is -0.180. The van der Waals surface area contributed by atoms with Crippen LogP contribution in [-0.4, -0.2) is 36.8 Å². The summed E-state index contributed by atoms with van der Waals surface area (Å²) < 4.78 is 49.0. The van der Waals surface area contributed by atoms with E-state index in [0.717, 1.165) is 95.3 Å². The Hall–Kier alpha value is -2.26. The van der Waals surface area contributed by atoms with Crippen molar-refractivity contribution in [3.63, 3.8) is 0 Å². The highest BCUT2D eigenvalue weighted by atomic mass is 31.2. The van der Waals surface area contributed by atoms with E-state index in [1.807, 2.05) is 0 Å². The van der Waals surface area contributed by atoms with Gasteiger partial charge in [0.15, 0.2) is 0 Å². The molecule has 0 radical (unpaired) electrons. The van der Waals surface area contributed by atoms with Gasteiger partial charge < -0.3 is 14.2 Å². The molecule has 0 aliphatic carbocycles. The molecule has 0 aromatic heterocycles. The van der Waals surface area contributed by atoms with Crippen molar-refractivity contribution in [2.45, 2.75) is 232 Å². The predicted molar refractivity (Wildman–Crippen MR) is 227 cm³/mol. The summed E-state index contributed by atoms with van der Waals surface area (Å²) in [6.07, 6.45) is 28.5. The zero-order valence-corrected chi connectivity index (χ0v) is 36.7. The van der Waals surface area contributed by atoms with Gasteiger partial charge in [0.05, 0.1) is 0 Å². The molecule has 0 spiro atoms. The number of hydrogen-bond acceptors (Lipinski definition) is 10. The van der Waals surface area contributed by atoms with E-state index in [1.165, 1.54) is 77.0 Å². The summed E-state index contributed by atoms with van der Waals surface area (Å²) in [5, 5.41) is 0. The Balaban J connectivity index is 6.00. The van der Waals surface area contributed by atoms with Crippen LogP contribution in [0.15, 0.2) is 38.0 Å². The molecule has 0 saturated heterocycles. The standard InChI is InChI=1S/C45H81O10P/c1-7-13-16-19-22-25-28-31-34-37-43(50-40(46)10-4)53-56(49,54-44(51-41(47)11-5)38-35-32-29-26-23-20-17-14-8-2)55-45(52-42(48)12-6)39-36-33-30-27-24-21-18-15-9-3/h10-12,43-45H,4-9,13-39H2,1-3H3. The Kier molecular flexibility index (Phi) is 36.7. The molecular weight excluding hydrogens is 731 g/mol. The molecule has 0 saturated carbocycles. The van der Waals surface area contributed by atoms with Crippen LogP contribution in [0.3, 0.4) is 0 Å². The number of phosphoric acid groups is 1. The van der Waals surface area contributed by atoms with Crippen molar-refractivity contribution in [2.24, 2.45) is 0 Å². The third-order valence-electron chi connectivity index (χ3n) is 9.61. The minimum absolute atomic E-state index is 0.205. The van der Waals surface area contributed by atoms with E-state index >= 15 is 0 Å².